The molecule has 0 atom stereocenters. The quantitative estimate of drug-likeness (QED) is 0.636. The highest BCUT2D eigenvalue weighted by Gasteiger charge is 2.22. The molecule has 0 spiro atoms. The van der Waals surface area contributed by atoms with Gasteiger partial charge in [0.15, 0.2) is 0 Å². The van der Waals surface area contributed by atoms with E-state index in [0.29, 0.717) is 16.6 Å². The smallest absolute Gasteiger partial charge is 0.139 e. The molecule has 0 radical (unpaired) electrons. The summed E-state index contributed by atoms with van der Waals surface area (Å²) in [5, 5.41) is 6.01. The number of thiophene rings is 1. The summed E-state index contributed by atoms with van der Waals surface area (Å²) in [6, 6.07) is 5.59. The van der Waals surface area contributed by atoms with Crippen LogP contribution in [0.25, 0.3) is 10.2 Å². The van der Waals surface area contributed by atoms with Crippen molar-refractivity contribution in [1.29, 1.82) is 0 Å². The maximum Gasteiger partial charge on any atom is 0.139 e. The molecule has 0 amide bonds. The van der Waals surface area contributed by atoms with Gasteiger partial charge in [0.05, 0.1) is 5.39 Å². The molecule has 124 valence electrons. The maximum absolute atomic E-state index is 6.29. The summed E-state index contributed by atoms with van der Waals surface area (Å²) in [5.41, 5.74) is 2.44. The minimum Gasteiger partial charge on any atom is -0.365 e. The van der Waals surface area contributed by atoms with E-state index in [1.807, 2.05) is 23.5 Å². The summed E-state index contributed by atoms with van der Waals surface area (Å²) in [7, 11) is 0. The second-order valence-electron chi connectivity index (χ2n) is 5.97. The Morgan fingerprint density at radius 1 is 1.21 bits per heavy atom. The van der Waals surface area contributed by atoms with Gasteiger partial charge < -0.3 is 5.32 Å². The molecule has 2 aromatic heterocycles. The molecule has 0 aliphatic heterocycles. The number of nitrogens with zero attached hydrogens (tertiary/aromatic N) is 2. The van der Waals surface area contributed by atoms with E-state index in [1.54, 1.807) is 6.07 Å². The molecule has 6 heteroatoms. The predicted molar refractivity (Wildman–Crippen MR) is 103 cm³/mol. The number of aryl methyl sites for hydroxylation is 3. The van der Waals surface area contributed by atoms with Gasteiger partial charge in [0, 0.05) is 27.9 Å². The van der Waals surface area contributed by atoms with Gasteiger partial charge in [0.25, 0.3) is 0 Å². The number of halogens is 2. The molecule has 3 aromatic rings. The first-order chi connectivity index (χ1) is 11.7. The van der Waals surface area contributed by atoms with E-state index in [9.17, 15) is 0 Å². The van der Waals surface area contributed by atoms with Crippen molar-refractivity contribution in [2.75, 3.05) is 5.32 Å². The first-order valence-electron chi connectivity index (χ1n) is 8.14. The maximum atomic E-state index is 6.29. The molecule has 4 rings (SSSR count). The lowest BCUT2D eigenvalue weighted by Gasteiger charge is -2.11. The molecular weight excluding hydrogens is 361 g/mol. The lowest BCUT2D eigenvalue weighted by molar-refractivity contribution is 0.914. The normalized spacial score (nSPS) is 13.5. The fourth-order valence-corrected chi connectivity index (χ4v) is 4.93. The Morgan fingerprint density at radius 3 is 2.88 bits per heavy atom. The third kappa shape index (κ3) is 2.87. The van der Waals surface area contributed by atoms with Crippen LogP contribution in [0.4, 0.5) is 5.82 Å². The summed E-state index contributed by atoms with van der Waals surface area (Å²) in [6.07, 6.45) is 4.35. The van der Waals surface area contributed by atoms with Gasteiger partial charge in [-0.1, -0.05) is 36.2 Å². The van der Waals surface area contributed by atoms with Crippen LogP contribution in [0.5, 0.6) is 0 Å². The van der Waals surface area contributed by atoms with Gasteiger partial charge in [-0.2, -0.15) is 0 Å². The molecule has 1 aliphatic carbocycles. The number of fused-ring (bicyclic) bond motifs is 3. The van der Waals surface area contributed by atoms with E-state index in [1.165, 1.54) is 28.7 Å². The summed E-state index contributed by atoms with van der Waals surface area (Å²) in [5.74, 6) is 1.81. The average molecular weight is 378 g/mol. The first-order valence-corrected chi connectivity index (χ1v) is 9.72. The Labute approximate surface area is 155 Å². The highest BCUT2D eigenvalue weighted by Crippen LogP contribution is 2.39. The predicted octanol–water partition coefficient (Wildman–Crippen LogP) is 5.66. The molecule has 1 aliphatic rings. The van der Waals surface area contributed by atoms with Crippen molar-refractivity contribution < 1.29 is 0 Å². The topological polar surface area (TPSA) is 37.8 Å². The molecule has 1 N–H and O–H groups in total. The van der Waals surface area contributed by atoms with Crippen molar-refractivity contribution in [3.05, 3.63) is 50.1 Å². The van der Waals surface area contributed by atoms with E-state index < -0.39 is 0 Å². The molecule has 2 heterocycles. The van der Waals surface area contributed by atoms with Crippen molar-refractivity contribution in [3.63, 3.8) is 0 Å². The number of anilines is 1. The van der Waals surface area contributed by atoms with Gasteiger partial charge in [-0.05, 0) is 42.5 Å². The van der Waals surface area contributed by atoms with E-state index in [2.05, 4.69) is 12.2 Å². The highest BCUT2D eigenvalue weighted by molar-refractivity contribution is 7.19. The summed E-state index contributed by atoms with van der Waals surface area (Å²) in [6.45, 7) is 2.71. The Balaban J connectivity index is 1.72. The van der Waals surface area contributed by atoms with Crippen LogP contribution >= 0.6 is 34.5 Å². The van der Waals surface area contributed by atoms with E-state index in [0.717, 1.165) is 34.9 Å². The fraction of sp³-hybridized carbons (Fsp3) is 0.333. The lowest BCUT2D eigenvalue weighted by Crippen LogP contribution is -2.05. The third-order valence-electron chi connectivity index (χ3n) is 4.39. The van der Waals surface area contributed by atoms with Crippen molar-refractivity contribution in [3.8, 4) is 0 Å². The Kier molecular flexibility index (Phi) is 4.37. The van der Waals surface area contributed by atoms with E-state index in [4.69, 9.17) is 33.2 Å². The molecule has 24 heavy (non-hydrogen) atoms. The lowest BCUT2D eigenvalue weighted by atomic mass is 10.1. The van der Waals surface area contributed by atoms with Gasteiger partial charge in [-0.25, -0.2) is 9.97 Å². The zero-order valence-corrected chi connectivity index (χ0v) is 15.7. The summed E-state index contributed by atoms with van der Waals surface area (Å²) >= 11 is 14.1. The molecule has 0 saturated carbocycles. The standard InChI is InChI=1S/C18H17Cl2N3S/c1-2-15-22-17(21-9-10-6-7-11(19)8-13(10)20)16-12-4-3-5-14(12)24-18(16)23-15/h6-8H,2-5,9H2,1H3,(H,21,22,23). The van der Waals surface area contributed by atoms with Crippen molar-refractivity contribution >= 4 is 50.6 Å². The second kappa shape index (κ2) is 6.51. The number of hydrogen-bond donors (Lipinski definition) is 1. The average Bonchev–Trinajstić information content (AvgIpc) is 3.14. The van der Waals surface area contributed by atoms with Crippen LogP contribution in [0.1, 0.15) is 35.2 Å². The monoisotopic (exact) mass is 377 g/mol. The molecule has 0 bridgehead atoms. The molecule has 0 saturated heterocycles. The van der Waals surface area contributed by atoms with Gasteiger partial charge in [-0.15, -0.1) is 11.3 Å². The number of nitrogens with one attached hydrogen (secondary N) is 1. The van der Waals surface area contributed by atoms with Gasteiger partial charge >= 0.3 is 0 Å². The van der Waals surface area contributed by atoms with Crippen molar-refractivity contribution in [2.45, 2.75) is 39.2 Å². The number of benzene rings is 1. The zero-order chi connectivity index (χ0) is 16.7. The van der Waals surface area contributed by atoms with Gasteiger partial charge in [-0.3, -0.25) is 0 Å². The molecule has 1 aromatic carbocycles. The number of aromatic nitrogens is 2. The van der Waals surface area contributed by atoms with Gasteiger partial charge in [0.2, 0.25) is 0 Å². The highest BCUT2D eigenvalue weighted by atomic mass is 35.5. The molecule has 3 nitrogen and oxygen atoms in total. The minimum absolute atomic E-state index is 0.621. The minimum atomic E-state index is 0.621. The van der Waals surface area contributed by atoms with Crippen LogP contribution in [-0.2, 0) is 25.8 Å². The SMILES string of the molecule is CCc1nc(NCc2ccc(Cl)cc2Cl)c2c3c(sc2n1)CCC3. The first kappa shape index (κ1) is 16.1. The largest absolute Gasteiger partial charge is 0.365 e. The summed E-state index contributed by atoms with van der Waals surface area (Å²) < 4.78 is 0. The summed E-state index contributed by atoms with van der Waals surface area (Å²) in [4.78, 5) is 12.1. The Morgan fingerprint density at radius 2 is 2.08 bits per heavy atom. The molecular formula is C18H17Cl2N3S. The second-order valence-corrected chi connectivity index (χ2v) is 7.90. The van der Waals surface area contributed by atoms with Crippen LogP contribution in [-0.4, -0.2) is 9.97 Å². The Bertz CT molecular complexity index is 920. The Hall–Kier alpha value is -1.36. The van der Waals surface area contributed by atoms with E-state index >= 15 is 0 Å². The van der Waals surface area contributed by atoms with Crippen LogP contribution in [0.3, 0.4) is 0 Å². The fourth-order valence-electron chi connectivity index (χ4n) is 3.17. The van der Waals surface area contributed by atoms with Crippen molar-refractivity contribution in [2.24, 2.45) is 0 Å². The van der Waals surface area contributed by atoms with Crippen LogP contribution in [0, 0.1) is 0 Å². The number of rotatable bonds is 4. The van der Waals surface area contributed by atoms with Crippen LogP contribution in [0.2, 0.25) is 10.0 Å². The number of hydrogen-bond acceptors (Lipinski definition) is 4. The van der Waals surface area contributed by atoms with Gasteiger partial charge in [0.1, 0.15) is 16.5 Å². The molecule has 0 unspecified atom stereocenters. The van der Waals surface area contributed by atoms with Crippen molar-refractivity contribution in [1.82, 2.24) is 9.97 Å². The zero-order valence-electron chi connectivity index (χ0n) is 13.3. The van der Waals surface area contributed by atoms with Crippen LogP contribution < -0.4 is 5.32 Å². The van der Waals surface area contributed by atoms with E-state index in [-0.39, 0.29) is 0 Å². The third-order valence-corrected chi connectivity index (χ3v) is 6.16. The van der Waals surface area contributed by atoms with Crippen LogP contribution in [0.15, 0.2) is 18.2 Å². The molecule has 0 fully saturated rings.